The van der Waals surface area contributed by atoms with Crippen LogP contribution in [-0.2, 0) is 19.4 Å². The van der Waals surface area contributed by atoms with Gasteiger partial charge in [-0.15, -0.1) is 0 Å². The molecule has 0 fully saturated rings. The topological polar surface area (TPSA) is 43.8 Å². The Balaban J connectivity index is 2.03. The number of aryl methyl sites for hydroxylation is 1. The summed E-state index contributed by atoms with van der Waals surface area (Å²) < 4.78 is 2.10. The Kier molecular flexibility index (Phi) is 3.94. The van der Waals surface area contributed by atoms with Crippen LogP contribution in [0.1, 0.15) is 23.7 Å². The number of benzene rings is 1. The predicted molar refractivity (Wildman–Crippen MR) is 69.9 cm³/mol. The average molecular weight is 229 g/mol. The Morgan fingerprint density at radius 2 is 1.88 bits per heavy atom. The molecule has 2 rings (SSSR count). The highest BCUT2D eigenvalue weighted by Gasteiger charge is 1.99. The maximum absolute atomic E-state index is 5.51. The van der Waals surface area contributed by atoms with Crippen LogP contribution in [0.5, 0.6) is 0 Å². The Labute approximate surface area is 102 Å². The van der Waals surface area contributed by atoms with Gasteiger partial charge in [0.1, 0.15) is 0 Å². The normalized spacial score (nSPS) is 10.7. The quantitative estimate of drug-likeness (QED) is 0.852. The van der Waals surface area contributed by atoms with Gasteiger partial charge < -0.3 is 10.3 Å². The van der Waals surface area contributed by atoms with Crippen LogP contribution in [0.4, 0.5) is 0 Å². The Hall–Kier alpha value is -1.61. The van der Waals surface area contributed by atoms with Gasteiger partial charge in [0, 0.05) is 19.2 Å². The van der Waals surface area contributed by atoms with Gasteiger partial charge in [0.2, 0.25) is 0 Å². The molecule has 17 heavy (non-hydrogen) atoms. The third-order valence-corrected chi connectivity index (χ3v) is 2.88. The molecule has 0 saturated carbocycles. The van der Waals surface area contributed by atoms with E-state index in [1.165, 1.54) is 11.1 Å². The zero-order chi connectivity index (χ0) is 12.1. The summed E-state index contributed by atoms with van der Waals surface area (Å²) in [6.07, 6.45) is 5.88. The first-order chi connectivity index (χ1) is 8.31. The first-order valence-corrected chi connectivity index (χ1v) is 6.10. The van der Waals surface area contributed by atoms with Gasteiger partial charge in [0.25, 0.3) is 0 Å². The number of nitrogens with two attached hydrogens (primary N) is 1. The third kappa shape index (κ3) is 3.17. The van der Waals surface area contributed by atoms with E-state index >= 15 is 0 Å². The minimum absolute atomic E-state index is 0.655. The minimum atomic E-state index is 0.655. The summed E-state index contributed by atoms with van der Waals surface area (Å²) in [5.41, 5.74) is 9.25. The monoisotopic (exact) mass is 229 g/mol. The van der Waals surface area contributed by atoms with E-state index in [2.05, 4.69) is 46.9 Å². The van der Waals surface area contributed by atoms with Crippen LogP contribution in [0.25, 0.3) is 0 Å². The molecule has 0 radical (unpaired) electrons. The van der Waals surface area contributed by atoms with E-state index in [0.29, 0.717) is 6.54 Å². The van der Waals surface area contributed by atoms with Crippen molar-refractivity contribution in [2.75, 3.05) is 6.54 Å². The first-order valence-electron chi connectivity index (χ1n) is 6.10. The molecule has 0 aliphatic rings. The van der Waals surface area contributed by atoms with Crippen molar-refractivity contribution < 1.29 is 0 Å². The predicted octanol–water partition coefficient (Wildman–Crippen LogP) is 2.00. The molecular formula is C14H19N3. The molecule has 2 aromatic rings. The Morgan fingerprint density at radius 1 is 1.18 bits per heavy atom. The van der Waals surface area contributed by atoms with Crippen molar-refractivity contribution in [3.63, 3.8) is 0 Å². The summed E-state index contributed by atoms with van der Waals surface area (Å²) in [5.74, 6) is 0. The number of aromatic nitrogens is 2. The highest BCUT2D eigenvalue weighted by molar-refractivity contribution is 5.22. The van der Waals surface area contributed by atoms with E-state index in [0.717, 1.165) is 25.1 Å². The maximum Gasteiger partial charge on any atom is 0.0952 e. The first kappa shape index (κ1) is 11.9. The zero-order valence-corrected chi connectivity index (χ0v) is 10.3. The molecule has 3 heteroatoms. The third-order valence-electron chi connectivity index (χ3n) is 2.88. The number of rotatable bonds is 5. The van der Waals surface area contributed by atoms with Gasteiger partial charge in [-0.25, -0.2) is 4.98 Å². The molecule has 0 saturated heterocycles. The second-order valence-electron chi connectivity index (χ2n) is 4.25. The largest absolute Gasteiger partial charge is 0.333 e. The van der Waals surface area contributed by atoms with Gasteiger partial charge in [-0.05, 0) is 24.1 Å². The van der Waals surface area contributed by atoms with Crippen molar-refractivity contribution in [3.8, 4) is 0 Å². The van der Waals surface area contributed by atoms with Crippen molar-refractivity contribution in [2.24, 2.45) is 5.73 Å². The van der Waals surface area contributed by atoms with Crippen LogP contribution in [0, 0.1) is 0 Å². The number of hydrogen-bond donors (Lipinski definition) is 1. The standard InChI is InChI=1S/C14H19N3/c1-2-12-3-5-13(6-4-12)9-17-10-14(7-8-15)16-11-17/h3-6,10-11H,2,7-9,15H2,1H3. The number of hydrogen-bond acceptors (Lipinski definition) is 2. The van der Waals surface area contributed by atoms with Gasteiger partial charge in [-0.1, -0.05) is 31.2 Å². The SMILES string of the molecule is CCc1ccc(Cn2cnc(CCN)c2)cc1. The molecular weight excluding hydrogens is 210 g/mol. The lowest BCUT2D eigenvalue weighted by Crippen LogP contribution is -2.02. The fourth-order valence-electron chi connectivity index (χ4n) is 1.86. The summed E-state index contributed by atoms with van der Waals surface area (Å²) in [6, 6.07) is 8.74. The van der Waals surface area contributed by atoms with Crippen LogP contribution in [0.2, 0.25) is 0 Å². The maximum atomic E-state index is 5.51. The van der Waals surface area contributed by atoms with Gasteiger partial charge in [-0.3, -0.25) is 0 Å². The fraction of sp³-hybridized carbons (Fsp3) is 0.357. The molecule has 0 aliphatic carbocycles. The molecule has 0 amide bonds. The molecule has 90 valence electrons. The Bertz CT molecular complexity index is 457. The molecule has 0 unspecified atom stereocenters. The summed E-state index contributed by atoms with van der Waals surface area (Å²) >= 11 is 0. The molecule has 1 heterocycles. The van der Waals surface area contributed by atoms with Gasteiger partial charge in [-0.2, -0.15) is 0 Å². The van der Waals surface area contributed by atoms with Crippen LogP contribution in [0.15, 0.2) is 36.8 Å². The van der Waals surface area contributed by atoms with E-state index in [1.807, 2.05) is 6.33 Å². The second kappa shape index (κ2) is 5.64. The molecule has 0 spiro atoms. The molecule has 2 N–H and O–H groups in total. The van der Waals surface area contributed by atoms with Gasteiger partial charge >= 0.3 is 0 Å². The zero-order valence-electron chi connectivity index (χ0n) is 10.3. The summed E-state index contributed by atoms with van der Waals surface area (Å²) in [5, 5.41) is 0. The lowest BCUT2D eigenvalue weighted by molar-refractivity contribution is 0.795. The summed E-state index contributed by atoms with van der Waals surface area (Å²) in [4.78, 5) is 4.32. The van der Waals surface area contributed by atoms with E-state index in [-0.39, 0.29) is 0 Å². The molecule has 1 aromatic heterocycles. The van der Waals surface area contributed by atoms with Crippen molar-refractivity contribution in [1.82, 2.24) is 9.55 Å². The van der Waals surface area contributed by atoms with E-state index in [9.17, 15) is 0 Å². The Morgan fingerprint density at radius 3 is 2.53 bits per heavy atom. The molecule has 1 aromatic carbocycles. The molecule has 0 bridgehead atoms. The summed E-state index contributed by atoms with van der Waals surface area (Å²) in [7, 11) is 0. The van der Waals surface area contributed by atoms with Crippen LogP contribution in [0.3, 0.4) is 0 Å². The average Bonchev–Trinajstić information content (AvgIpc) is 2.78. The lowest BCUT2D eigenvalue weighted by Gasteiger charge is -2.03. The van der Waals surface area contributed by atoms with Crippen LogP contribution >= 0.6 is 0 Å². The molecule has 3 nitrogen and oxygen atoms in total. The van der Waals surface area contributed by atoms with Crippen LogP contribution < -0.4 is 5.73 Å². The van der Waals surface area contributed by atoms with E-state index in [1.54, 1.807) is 0 Å². The van der Waals surface area contributed by atoms with Crippen molar-refractivity contribution >= 4 is 0 Å². The lowest BCUT2D eigenvalue weighted by atomic mass is 10.1. The highest BCUT2D eigenvalue weighted by Crippen LogP contribution is 2.07. The second-order valence-corrected chi connectivity index (χ2v) is 4.25. The van der Waals surface area contributed by atoms with Crippen molar-refractivity contribution in [2.45, 2.75) is 26.3 Å². The van der Waals surface area contributed by atoms with Crippen LogP contribution in [-0.4, -0.2) is 16.1 Å². The van der Waals surface area contributed by atoms with Crippen molar-refractivity contribution in [3.05, 3.63) is 53.6 Å². The molecule has 0 aliphatic heterocycles. The minimum Gasteiger partial charge on any atom is -0.333 e. The summed E-state index contributed by atoms with van der Waals surface area (Å²) in [6.45, 7) is 3.70. The van der Waals surface area contributed by atoms with Crippen molar-refractivity contribution in [1.29, 1.82) is 0 Å². The fourth-order valence-corrected chi connectivity index (χ4v) is 1.86. The highest BCUT2D eigenvalue weighted by atomic mass is 15.0. The smallest absolute Gasteiger partial charge is 0.0952 e. The number of nitrogens with zero attached hydrogens (tertiary/aromatic N) is 2. The molecule has 0 atom stereocenters. The van der Waals surface area contributed by atoms with Gasteiger partial charge in [0.15, 0.2) is 0 Å². The number of imidazole rings is 1. The van der Waals surface area contributed by atoms with E-state index in [4.69, 9.17) is 5.73 Å². The van der Waals surface area contributed by atoms with Gasteiger partial charge in [0.05, 0.1) is 12.0 Å². The van der Waals surface area contributed by atoms with E-state index < -0.39 is 0 Å².